The van der Waals surface area contributed by atoms with Gasteiger partial charge >= 0.3 is 0 Å². The number of hydrogen-bond donors (Lipinski definition) is 2. The van der Waals surface area contributed by atoms with Gasteiger partial charge in [0.2, 0.25) is 11.9 Å². The molecule has 1 amide bonds. The number of aromatic amines is 1. The number of hydrogen-bond acceptors (Lipinski definition) is 6. The van der Waals surface area contributed by atoms with Gasteiger partial charge in [-0.1, -0.05) is 35.9 Å². The molecule has 0 bridgehead atoms. The van der Waals surface area contributed by atoms with Crippen LogP contribution in [0.15, 0.2) is 46.0 Å². The lowest BCUT2D eigenvalue weighted by atomic mass is 9.97. The molecule has 0 aliphatic carbocycles. The van der Waals surface area contributed by atoms with Crippen LogP contribution in [0.3, 0.4) is 0 Å². The number of nitrogens with zero attached hydrogens (tertiary/aromatic N) is 3. The number of H-pyrrole nitrogens is 1. The molecule has 2 aromatic heterocycles. The molecule has 0 saturated carbocycles. The van der Waals surface area contributed by atoms with Crippen LogP contribution in [0.1, 0.15) is 18.4 Å². The topological polar surface area (TPSA) is 108 Å². The highest BCUT2D eigenvalue weighted by Crippen LogP contribution is 2.27. The number of aryl methyl sites for hydroxylation is 1. The Labute approximate surface area is 173 Å². The Hall–Kier alpha value is -2.56. The van der Waals surface area contributed by atoms with Crippen molar-refractivity contribution < 1.29 is 13.2 Å². The molecule has 8 nitrogen and oxygen atoms in total. The number of piperidine rings is 1. The van der Waals surface area contributed by atoms with Crippen LogP contribution in [0, 0.1) is 12.8 Å². The number of benzene rings is 1. The largest absolute Gasteiger partial charge is 0.293 e. The first-order valence-electron chi connectivity index (χ1n) is 9.27. The van der Waals surface area contributed by atoms with Crippen molar-refractivity contribution in [2.75, 3.05) is 18.4 Å². The normalized spacial score (nSPS) is 16.0. The highest BCUT2D eigenvalue weighted by molar-refractivity contribution is 7.91. The summed E-state index contributed by atoms with van der Waals surface area (Å²) in [6.07, 6.45) is 0.928. The molecule has 1 aromatic carbocycles. The Morgan fingerprint density at radius 1 is 1.21 bits per heavy atom. The summed E-state index contributed by atoms with van der Waals surface area (Å²) in [7, 11) is -3.47. The number of anilines is 1. The summed E-state index contributed by atoms with van der Waals surface area (Å²) in [5.41, 5.74) is 2.03. The van der Waals surface area contributed by atoms with Crippen molar-refractivity contribution in [3.8, 4) is 11.4 Å². The van der Waals surface area contributed by atoms with Crippen molar-refractivity contribution in [2.24, 2.45) is 5.92 Å². The van der Waals surface area contributed by atoms with E-state index in [4.69, 9.17) is 0 Å². The first-order valence-corrected chi connectivity index (χ1v) is 11.6. The zero-order valence-electron chi connectivity index (χ0n) is 15.8. The third-order valence-corrected chi connectivity index (χ3v) is 8.23. The van der Waals surface area contributed by atoms with E-state index in [0.29, 0.717) is 36.0 Å². The lowest BCUT2D eigenvalue weighted by Gasteiger charge is -2.29. The predicted octanol–water partition coefficient (Wildman–Crippen LogP) is 2.88. The SMILES string of the molecule is Cc1ccc(-c2nc(NC(=O)C3CCN(S(=O)(=O)c4cccs4)CC3)n[nH]2)cc1. The fraction of sp³-hybridized carbons (Fsp3) is 0.316. The Kier molecular flexibility index (Phi) is 5.48. The first-order chi connectivity index (χ1) is 13.9. The van der Waals surface area contributed by atoms with E-state index in [1.165, 1.54) is 15.6 Å². The fourth-order valence-electron chi connectivity index (χ4n) is 3.27. The molecule has 3 heterocycles. The van der Waals surface area contributed by atoms with Gasteiger partial charge in [-0.05, 0) is 31.2 Å². The highest BCUT2D eigenvalue weighted by atomic mass is 32.2. The van der Waals surface area contributed by atoms with Gasteiger partial charge < -0.3 is 0 Å². The third kappa shape index (κ3) is 4.24. The fourth-order valence-corrected chi connectivity index (χ4v) is 5.88. The third-order valence-electron chi connectivity index (χ3n) is 4.96. The number of carbonyl (C=O) groups excluding carboxylic acids is 1. The number of sulfonamides is 1. The summed E-state index contributed by atoms with van der Waals surface area (Å²) >= 11 is 1.20. The lowest BCUT2D eigenvalue weighted by Crippen LogP contribution is -2.41. The van der Waals surface area contributed by atoms with Gasteiger partial charge in [0, 0.05) is 24.6 Å². The summed E-state index contributed by atoms with van der Waals surface area (Å²) < 4.78 is 27.0. The van der Waals surface area contributed by atoms with E-state index in [-0.39, 0.29) is 17.8 Å². The second-order valence-electron chi connectivity index (χ2n) is 6.97. The minimum absolute atomic E-state index is 0.187. The zero-order valence-corrected chi connectivity index (χ0v) is 17.5. The summed E-state index contributed by atoms with van der Waals surface area (Å²) in [6.45, 7) is 2.65. The summed E-state index contributed by atoms with van der Waals surface area (Å²) in [6, 6.07) is 11.2. The summed E-state index contributed by atoms with van der Waals surface area (Å²) in [4.78, 5) is 16.9. The number of amides is 1. The monoisotopic (exact) mass is 431 g/mol. The lowest BCUT2D eigenvalue weighted by molar-refractivity contribution is -0.121. The Morgan fingerprint density at radius 3 is 2.59 bits per heavy atom. The smallest absolute Gasteiger partial charge is 0.252 e. The predicted molar refractivity (Wildman–Crippen MR) is 111 cm³/mol. The van der Waals surface area contributed by atoms with Gasteiger partial charge in [0.15, 0.2) is 5.82 Å². The van der Waals surface area contributed by atoms with Crippen LogP contribution in [0.4, 0.5) is 5.95 Å². The number of aromatic nitrogens is 3. The second-order valence-corrected chi connectivity index (χ2v) is 10.1. The molecule has 1 fully saturated rings. The van der Waals surface area contributed by atoms with Gasteiger partial charge in [0.25, 0.3) is 10.0 Å². The van der Waals surface area contributed by atoms with Crippen LogP contribution in [0.25, 0.3) is 11.4 Å². The molecule has 1 aliphatic rings. The van der Waals surface area contributed by atoms with E-state index in [2.05, 4.69) is 20.5 Å². The Morgan fingerprint density at radius 2 is 1.93 bits per heavy atom. The molecule has 0 atom stereocenters. The van der Waals surface area contributed by atoms with E-state index in [0.717, 1.165) is 11.1 Å². The molecule has 1 saturated heterocycles. The van der Waals surface area contributed by atoms with Crippen molar-refractivity contribution in [3.05, 3.63) is 47.3 Å². The second kappa shape index (κ2) is 8.05. The van der Waals surface area contributed by atoms with E-state index in [9.17, 15) is 13.2 Å². The number of nitrogens with one attached hydrogen (secondary N) is 2. The van der Waals surface area contributed by atoms with Gasteiger partial charge in [0.1, 0.15) is 4.21 Å². The molecule has 29 heavy (non-hydrogen) atoms. The summed E-state index contributed by atoms with van der Waals surface area (Å²) in [5, 5.41) is 11.4. The number of carbonyl (C=O) groups is 1. The molecule has 10 heteroatoms. The zero-order chi connectivity index (χ0) is 20.4. The molecular formula is C19H21N5O3S2. The first kappa shape index (κ1) is 19.7. The van der Waals surface area contributed by atoms with E-state index < -0.39 is 10.0 Å². The summed E-state index contributed by atoms with van der Waals surface area (Å²) in [5.74, 6) is 0.343. The molecule has 2 N–H and O–H groups in total. The van der Waals surface area contributed by atoms with Gasteiger partial charge in [-0.25, -0.2) is 8.42 Å². The van der Waals surface area contributed by atoms with Crippen LogP contribution in [-0.2, 0) is 14.8 Å². The van der Waals surface area contributed by atoms with E-state index >= 15 is 0 Å². The molecule has 4 rings (SSSR count). The van der Waals surface area contributed by atoms with Crippen LogP contribution in [-0.4, -0.2) is 46.9 Å². The van der Waals surface area contributed by atoms with E-state index in [1.807, 2.05) is 31.2 Å². The van der Waals surface area contributed by atoms with Gasteiger partial charge in [-0.15, -0.1) is 16.4 Å². The Balaban J connectivity index is 1.35. The quantitative estimate of drug-likeness (QED) is 0.646. The van der Waals surface area contributed by atoms with Gasteiger partial charge in [-0.3, -0.25) is 15.2 Å². The van der Waals surface area contributed by atoms with E-state index in [1.54, 1.807) is 17.5 Å². The van der Waals surface area contributed by atoms with Crippen LogP contribution >= 0.6 is 11.3 Å². The number of thiophene rings is 1. The molecule has 0 radical (unpaired) electrons. The molecule has 0 spiro atoms. The minimum atomic E-state index is -3.47. The van der Waals surface area contributed by atoms with Crippen molar-refractivity contribution in [1.29, 1.82) is 0 Å². The average molecular weight is 432 g/mol. The van der Waals surface area contributed by atoms with Crippen LogP contribution < -0.4 is 5.32 Å². The van der Waals surface area contributed by atoms with Crippen molar-refractivity contribution >= 4 is 33.2 Å². The van der Waals surface area contributed by atoms with Gasteiger partial charge in [-0.2, -0.15) is 9.29 Å². The van der Waals surface area contributed by atoms with Crippen molar-refractivity contribution in [1.82, 2.24) is 19.5 Å². The Bertz CT molecular complexity index is 1080. The standard InChI is InChI=1S/C19H21N5O3S2/c1-13-4-6-14(7-5-13)17-20-19(23-22-17)21-18(25)15-8-10-24(11-9-15)29(26,27)16-3-2-12-28-16/h2-7,12,15H,8-11H2,1H3,(H2,20,21,22,23,25). The molecule has 152 valence electrons. The van der Waals surface area contributed by atoms with Crippen molar-refractivity contribution in [2.45, 2.75) is 24.0 Å². The molecule has 3 aromatic rings. The molecule has 1 aliphatic heterocycles. The van der Waals surface area contributed by atoms with Crippen LogP contribution in [0.5, 0.6) is 0 Å². The molecular weight excluding hydrogens is 410 g/mol. The highest BCUT2D eigenvalue weighted by Gasteiger charge is 2.32. The number of rotatable bonds is 5. The maximum Gasteiger partial charge on any atom is 0.252 e. The van der Waals surface area contributed by atoms with Crippen molar-refractivity contribution in [3.63, 3.8) is 0 Å². The minimum Gasteiger partial charge on any atom is -0.293 e. The maximum absolute atomic E-state index is 12.6. The molecule has 0 unspecified atom stereocenters. The van der Waals surface area contributed by atoms with Gasteiger partial charge in [0.05, 0.1) is 0 Å². The maximum atomic E-state index is 12.6. The average Bonchev–Trinajstić information content (AvgIpc) is 3.41. The van der Waals surface area contributed by atoms with Crippen LogP contribution in [0.2, 0.25) is 0 Å².